The zero-order valence-corrected chi connectivity index (χ0v) is 17.4. The van der Waals surface area contributed by atoms with Gasteiger partial charge in [-0.2, -0.15) is 0 Å². The molecule has 1 aromatic heterocycles. The molecule has 1 aliphatic heterocycles. The summed E-state index contributed by atoms with van der Waals surface area (Å²) in [5.74, 6) is 0.177. The molecule has 1 unspecified atom stereocenters. The van der Waals surface area contributed by atoms with Crippen molar-refractivity contribution in [2.75, 3.05) is 18.4 Å². The standard InChI is InChI=1S/C26H22FN3O2/c27-23-13-7-6-12-22(23)24-16-28-25(32-24)20-10-4-5-11-21(20)26(31)30-15-14-19(17-30)29-18-8-2-1-3-9-18/h1-13,16,19,29H,14-15,17H2. The van der Waals surface area contributed by atoms with Gasteiger partial charge in [0, 0.05) is 30.4 Å². The van der Waals surface area contributed by atoms with Crippen molar-refractivity contribution in [3.8, 4) is 22.8 Å². The normalized spacial score (nSPS) is 15.7. The van der Waals surface area contributed by atoms with E-state index in [1.165, 1.54) is 12.3 Å². The van der Waals surface area contributed by atoms with Crippen LogP contribution in [0.15, 0.2) is 89.5 Å². The highest BCUT2D eigenvalue weighted by atomic mass is 19.1. The van der Waals surface area contributed by atoms with Crippen LogP contribution in [0.5, 0.6) is 0 Å². The van der Waals surface area contributed by atoms with Crippen LogP contribution in [0.25, 0.3) is 22.8 Å². The molecule has 5 nitrogen and oxygen atoms in total. The Morgan fingerprint density at radius 1 is 0.969 bits per heavy atom. The number of amides is 1. The van der Waals surface area contributed by atoms with Crippen LogP contribution in [0.1, 0.15) is 16.8 Å². The molecule has 1 atom stereocenters. The highest BCUT2D eigenvalue weighted by molar-refractivity contribution is 6.00. The zero-order valence-electron chi connectivity index (χ0n) is 17.4. The molecule has 1 N–H and O–H groups in total. The maximum absolute atomic E-state index is 14.1. The summed E-state index contributed by atoms with van der Waals surface area (Å²) >= 11 is 0. The van der Waals surface area contributed by atoms with Crippen molar-refractivity contribution in [2.24, 2.45) is 0 Å². The molecule has 1 aliphatic rings. The maximum atomic E-state index is 14.1. The average molecular weight is 427 g/mol. The average Bonchev–Trinajstić information content (AvgIpc) is 3.50. The summed E-state index contributed by atoms with van der Waals surface area (Å²) in [6, 6.07) is 23.8. The summed E-state index contributed by atoms with van der Waals surface area (Å²) in [7, 11) is 0. The second kappa shape index (κ2) is 8.67. The van der Waals surface area contributed by atoms with Gasteiger partial charge in [0.2, 0.25) is 5.89 Å². The van der Waals surface area contributed by atoms with Crippen LogP contribution in [0.4, 0.5) is 10.1 Å². The number of hydrogen-bond acceptors (Lipinski definition) is 4. The van der Waals surface area contributed by atoms with Gasteiger partial charge in [-0.05, 0) is 42.8 Å². The van der Waals surface area contributed by atoms with E-state index in [1.54, 1.807) is 30.3 Å². The smallest absolute Gasteiger partial charge is 0.254 e. The van der Waals surface area contributed by atoms with E-state index in [1.807, 2.05) is 47.4 Å². The number of para-hydroxylation sites is 1. The molecular weight excluding hydrogens is 405 g/mol. The molecule has 0 bridgehead atoms. The van der Waals surface area contributed by atoms with Crippen LogP contribution >= 0.6 is 0 Å². The number of nitrogens with zero attached hydrogens (tertiary/aromatic N) is 2. The van der Waals surface area contributed by atoms with Crippen molar-refractivity contribution >= 4 is 11.6 Å². The van der Waals surface area contributed by atoms with Gasteiger partial charge in [-0.25, -0.2) is 9.37 Å². The van der Waals surface area contributed by atoms with Gasteiger partial charge in [0.25, 0.3) is 5.91 Å². The predicted molar refractivity (Wildman–Crippen MR) is 122 cm³/mol. The molecule has 1 amide bonds. The quantitative estimate of drug-likeness (QED) is 0.459. The van der Waals surface area contributed by atoms with Crippen LogP contribution in [-0.4, -0.2) is 34.9 Å². The molecule has 4 aromatic rings. The highest BCUT2D eigenvalue weighted by Gasteiger charge is 2.29. The largest absolute Gasteiger partial charge is 0.436 e. The Kier molecular flexibility index (Phi) is 5.42. The molecule has 3 aromatic carbocycles. The fourth-order valence-corrected chi connectivity index (χ4v) is 4.04. The number of anilines is 1. The number of rotatable bonds is 5. The SMILES string of the molecule is O=C(c1ccccc1-c1ncc(-c2ccccc2F)o1)N1CCC(Nc2ccccc2)C1. The minimum Gasteiger partial charge on any atom is -0.436 e. The third kappa shape index (κ3) is 3.99. The molecule has 0 aliphatic carbocycles. The molecule has 1 fully saturated rings. The number of likely N-dealkylation sites (tertiary alicyclic amines) is 1. The lowest BCUT2D eigenvalue weighted by Gasteiger charge is -2.19. The fourth-order valence-electron chi connectivity index (χ4n) is 4.04. The molecule has 5 rings (SSSR count). The lowest BCUT2D eigenvalue weighted by Crippen LogP contribution is -2.31. The number of aromatic nitrogens is 1. The van der Waals surface area contributed by atoms with Crippen molar-refractivity contribution in [3.05, 3.63) is 96.4 Å². The molecule has 0 saturated carbocycles. The summed E-state index contributed by atoms with van der Waals surface area (Å²) in [6.07, 6.45) is 2.36. The van der Waals surface area contributed by atoms with E-state index < -0.39 is 0 Å². The number of carbonyl (C=O) groups is 1. The number of carbonyl (C=O) groups excluding carboxylic acids is 1. The van der Waals surface area contributed by atoms with E-state index in [-0.39, 0.29) is 17.8 Å². The van der Waals surface area contributed by atoms with Crippen molar-refractivity contribution in [1.29, 1.82) is 0 Å². The number of halogens is 1. The first-order valence-corrected chi connectivity index (χ1v) is 10.6. The summed E-state index contributed by atoms with van der Waals surface area (Å²) in [5.41, 5.74) is 2.51. The summed E-state index contributed by atoms with van der Waals surface area (Å²) in [4.78, 5) is 19.5. The van der Waals surface area contributed by atoms with Gasteiger partial charge in [-0.15, -0.1) is 0 Å². The predicted octanol–water partition coefficient (Wildman–Crippen LogP) is 5.47. The van der Waals surface area contributed by atoms with E-state index >= 15 is 0 Å². The van der Waals surface area contributed by atoms with Gasteiger partial charge in [0.1, 0.15) is 5.82 Å². The van der Waals surface area contributed by atoms with Crippen molar-refractivity contribution in [3.63, 3.8) is 0 Å². The fraction of sp³-hybridized carbons (Fsp3) is 0.154. The van der Waals surface area contributed by atoms with Gasteiger partial charge in [-0.1, -0.05) is 42.5 Å². The van der Waals surface area contributed by atoms with Crippen LogP contribution in [-0.2, 0) is 0 Å². The molecule has 32 heavy (non-hydrogen) atoms. The second-order valence-corrected chi connectivity index (χ2v) is 7.80. The Labute approximate surface area is 185 Å². The second-order valence-electron chi connectivity index (χ2n) is 7.80. The third-order valence-corrected chi connectivity index (χ3v) is 5.65. The lowest BCUT2D eigenvalue weighted by atomic mass is 10.1. The first-order valence-electron chi connectivity index (χ1n) is 10.6. The van der Waals surface area contributed by atoms with E-state index in [4.69, 9.17) is 4.42 Å². The van der Waals surface area contributed by atoms with Gasteiger partial charge in [0.05, 0.1) is 17.3 Å². The molecule has 1 saturated heterocycles. The van der Waals surface area contributed by atoms with E-state index in [2.05, 4.69) is 10.3 Å². The molecule has 6 heteroatoms. The van der Waals surface area contributed by atoms with E-state index in [0.29, 0.717) is 41.4 Å². The van der Waals surface area contributed by atoms with Gasteiger partial charge in [-0.3, -0.25) is 4.79 Å². The van der Waals surface area contributed by atoms with Crippen LogP contribution < -0.4 is 5.32 Å². The Balaban J connectivity index is 1.36. The number of benzene rings is 3. The Morgan fingerprint density at radius 2 is 1.69 bits per heavy atom. The van der Waals surface area contributed by atoms with Crippen LogP contribution in [0, 0.1) is 5.82 Å². The van der Waals surface area contributed by atoms with Crippen LogP contribution in [0.3, 0.4) is 0 Å². The van der Waals surface area contributed by atoms with Crippen LogP contribution in [0.2, 0.25) is 0 Å². The Morgan fingerprint density at radius 3 is 2.50 bits per heavy atom. The summed E-state index contributed by atoms with van der Waals surface area (Å²) < 4.78 is 20.0. The first kappa shape index (κ1) is 20.0. The molecule has 2 heterocycles. The zero-order chi connectivity index (χ0) is 21.9. The summed E-state index contributed by atoms with van der Waals surface area (Å²) in [5, 5.41) is 3.49. The van der Waals surface area contributed by atoms with E-state index in [9.17, 15) is 9.18 Å². The first-order chi connectivity index (χ1) is 15.7. The lowest BCUT2D eigenvalue weighted by molar-refractivity contribution is 0.0792. The molecular formula is C26H22FN3O2. The maximum Gasteiger partial charge on any atom is 0.254 e. The third-order valence-electron chi connectivity index (χ3n) is 5.65. The topological polar surface area (TPSA) is 58.4 Å². The number of hydrogen-bond donors (Lipinski definition) is 1. The van der Waals surface area contributed by atoms with Crippen molar-refractivity contribution < 1.29 is 13.6 Å². The van der Waals surface area contributed by atoms with E-state index in [0.717, 1.165) is 12.1 Å². The molecule has 160 valence electrons. The van der Waals surface area contributed by atoms with Crippen molar-refractivity contribution in [2.45, 2.75) is 12.5 Å². The molecule has 0 radical (unpaired) electrons. The van der Waals surface area contributed by atoms with Gasteiger partial charge in [0.15, 0.2) is 5.76 Å². The minimum absolute atomic E-state index is 0.0661. The van der Waals surface area contributed by atoms with Crippen molar-refractivity contribution in [1.82, 2.24) is 9.88 Å². The van der Waals surface area contributed by atoms with Gasteiger partial charge >= 0.3 is 0 Å². The molecule has 0 spiro atoms. The summed E-state index contributed by atoms with van der Waals surface area (Å²) in [6.45, 7) is 1.29. The Hall–Kier alpha value is -3.93. The Bertz CT molecular complexity index is 1240. The number of oxazole rings is 1. The minimum atomic E-state index is -0.381. The highest BCUT2D eigenvalue weighted by Crippen LogP contribution is 2.30. The number of nitrogens with one attached hydrogen (secondary N) is 1. The monoisotopic (exact) mass is 427 g/mol. The van der Waals surface area contributed by atoms with Gasteiger partial charge < -0.3 is 14.6 Å².